The van der Waals surface area contributed by atoms with Gasteiger partial charge < -0.3 is 9.84 Å². The van der Waals surface area contributed by atoms with Crippen molar-refractivity contribution in [3.05, 3.63) is 23.8 Å². The van der Waals surface area contributed by atoms with Gasteiger partial charge in [-0.2, -0.15) is 0 Å². The van der Waals surface area contributed by atoms with Crippen LogP contribution in [0.2, 0.25) is 0 Å². The zero-order valence-electron chi connectivity index (χ0n) is 12.4. The van der Waals surface area contributed by atoms with Gasteiger partial charge in [0, 0.05) is 6.04 Å². The Balaban J connectivity index is 3.11. The van der Waals surface area contributed by atoms with Gasteiger partial charge >= 0.3 is 5.97 Å². The third-order valence-corrected chi connectivity index (χ3v) is 4.66. The lowest BCUT2D eigenvalue weighted by Crippen LogP contribution is -2.32. The van der Waals surface area contributed by atoms with Gasteiger partial charge in [-0.25, -0.2) is 17.9 Å². The standard InChI is InChI=1S/C14H21NO5S/c1-4-5-6-10(2)15-21(18,19)13-9-11(14(16)17)7-8-12(13)20-3/h7-10,15H,4-6H2,1-3H3,(H,16,17). The number of sulfonamides is 1. The van der Waals surface area contributed by atoms with Gasteiger partial charge in [-0.15, -0.1) is 0 Å². The van der Waals surface area contributed by atoms with Crippen molar-refractivity contribution in [1.29, 1.82) is 0 Å². The summed E-state index contributed by atoms with van der Waals surface area (Å²) in [5.74, 6) is -1.07. The maximum Gasteiger partial charge on any atom is 0.335 e. The number of rotatable bonds is 8. The van der Waals surface area contributed by atoms with Crippen molar-refractivity contribution in [2.75, 3.05) is 7.11 Å². The molecule has 0 radical (unpaired) electrons. The Morgan fingerprint density at radius 2 is 2.10 bits per heavy atom. The monoisotopic (exact) mass is 315 g/mol. The number of nitrogens with one attached hydrogen (secondary N) is 1. The highest BCUT2D eigenvalue weighted by Crippen LogP contribution is 2.25. The number of carboxylic acid groups (broad SMARTS) is 1. The first-order valence-electron chi connectivity index (χ1n) is 6.75. The normalized spacial score (nSPS) is 12.9. The molecule has 0 amide bonds. The molecular formula is C14H21NO5S. The summed E-state index contributed by atoms with van der Waals surface area (Å²) in [5, 5.41) is 8.98. The van der Waals surface area contributed by atoms with Crippen LogP contribution in [0.4, 0.5) is 0 Å². The molecule has 0 fully saturated rings. The van der Waals surface area contributed by atoms with E-state index in [9.17, 15) is 13.2 Å². The number of ether oxygens (including phenoxy) is 1. The molecule has 0 heterocycles. The Bertz CT molecular complexity index is 597. The number of hydrogen-bond acceptors (Lipinski definition) is 4. The van der Waals surface area contributed by atoms with Crippen LogP contribution in [0.5, 0.6) is 5.75 Å². The van der Waals surface area contributed by atoms with Gasteiger partial charge in [0.1, 0.15) is 10.6 Å². The predicted octanol–water partition coefficient (Wildman–Crippen LogP) is 2.25. The molecule has 1 rings (SSSR count). The number of hydrogen-bond donors (Lipinski definition) is 2. The molecule has 1 atom stereocenters. The van der Waals surface area contributed by atoms with E-state index < -0.39 is 16.0 Å². The molecule has 0 aliphatic rings. The Morgan fingerprint density at radius 3 is 2.62 bits per heavy atom. The van der Waals surface area contributed by atoms with Crippen LogP contribution < -0.4 is 9.46 Å². The van der Waals surface area contributed by atoms with E-state index in [1.807, 2.05) is 6.92 Å². The lowest BCUT2D eigenvalue weighted by atomic mass is 10.2. The topological polar surface area (TPSA) is 92.7 Å². The third kappa shape index (κ3) is 4.71. The van der Waals surface area contributed by atoms with Crippen molar-refractivity contribution in [3.8, 4) is 5.75 Å². The zero-order chi connectivity index (χ0) is 16.0. The number of aromatic carboxylic acids is 1. The lowest BCUT2D eigenvalue weighted by Gasteiger charge is -2.16. The smallest absolute Gasteiger partial charge is 0.335 e. The van der Waals surface area contributed by atoms with E-state index >= 15 is 0 Å². The summed E-state index contributed by atoms with van der Waals surface area (Å²) >= 11 is 0. The van der Waals surface area contributed by atoms with Crippen molar-refractivity contribution in [1.82, 2.24) is 4.72 Å². The molecule has 0 spiro atoms. The van der Waals surface area contributed by atoms with Gasteiger partial charge in [0.25, 0.3) is 0 Å². The van der Waals surface area contributed by atoms with Gasteiger partial charge in [0.15, 0.2) is 0 Å². The second kappa shape index (κ2) is 7.42. The van der Waals surface area contributed by atoms with E-state index in [-0.39, 0.29) is 22.3 Å². The molecule has 0 aromatic heterocycles. The van der Waals surface area contributed by atoms with Crippen molar-refractivity contribution in [3.63, 3.8) is 0 Å². The highest BCUT2D eigenvalue weighted by Gasteiger charge is 2.23. The lowest BCUT2D eigenvalue weighted by molar-refractivity contribution is 0.0696. The highest BCUT2D eigenvalue weighted by atomic mass is 32.2. The Morgan fingerprint density at radius 1 is 1.43 bits per heavy atom. The van der Waals surface area contributed by atoms with Crippen LogP contribution in [0, 0.1) is 0 Å². The second-order valence-corrected chi connectivity index (χ2v) is 6.52. The van der Waals surface area contributed by atoms with Gasteiger partial charge in [0.05, 0.1) is 12.7 Å². The molecule has 0 bridgehead atoms. The van der Waals surface area contributed by atoms with Crippen LogP contribution in [0.15, 0.2) is 23.1 Å². The molecule has 0 aliphatic heterocycles. The van der Waals surface area contributed by atoms with Crippen molar-refractivity contribution < 1.29 is 23.1 Å². The summed E-state index contributed by atoms with van der Waals surface area (Å²) in [4.78, 5) is 10.8. The number of carboxylic acids is 1. The minimum absolute atomic E-state index is 0.0996. The maximum absolute atomic E-state index is 12.4. The van der Waals surface area contributed by atoms with Crippen molar-refractivity contribution in [2.24, 2.45) is 0 Å². The molecule has 1 aromatic carbocycles. The van der Waals surface area contributed by atoms with Crippen LogP contribution in [0.3, 0.4) is 0 Å². The molecule has 1 aromatic rings. The third-order valence-electron chi connectivity index (χ3n) is 3.05. The minimum Gasteiger partial charge on any atom is -0.495 e. The molecule has 0 saturated carbocycles. The minimum atomic E-state index is -3.83. The first-order chi connectivity index (χ1) is 9.81. The number of methoxy groups -OCH3 is 1. The average Bonchev–Trinajstić information content (AvgIpc) is 2.43. The van der Waals surface area contributed by atoms with Crippen molar-refractivity contribution >= 4 is 16.0 Å². The van der Waals surface area contributed by atoms with Gasteiger partial charge in [-0.05, 0) is 31.5 Å². The van der Waals surface area contributed by atoms with E-state index in [1.54, 1.807) is 6.92 Å². The van der Waals surface area contributed by atoms with Crippen LogP contribution in [0.1, 0.15) is 43.5 Å². The number of benzene rings is 1. The summed E-state index contributed by atoms with van der Waals surface area (Å²) in [6, 6.07) is 3.53. The fraction of sp³-hybridized carbons (Fsp3) is 0.500. The molecule has 0 saturated heterocycles. The largest absolute Gasteiger partial charge is 0.495 e. The van der Waals surface area contributed by atoms with E-state index in [0.29, 0.717) is 0 Å². The van der Waals surface area contributed by atoms with Crippen LogP contribution in [-0.2, 0) is 10.0 Å². The van der Waals surface area contributed by atoms with E-state index in [2.05, 4.69) is 4.72 Å². The number of carbonyl (C=O) groups is 1. The molecule has 6 nitrogen and oxygen atoms in total. The molecule has 7 heteroatoms. The highest BCUT2D eigenvalue weighted by molar-refractivity contribution is 7.89. The summed E-state index contributed by atoms with van der Waals surface area (Å²) in [7, 11) is -2.48. The first-order valence-corrected chi connectivity index (χ1v) is 8.23. The molecule has 118 valence electrons. The molecule has 21 heavy (non-hydrogen) atoms. The van der Waals surface area contributed by atoms with Crippen LogP contribution in [-0.4, -0.2) is 32.6 Å². The van der Waals surface area contributed by atoms with E-state index in [1.165, 1.54) is 19.2 Å². The van der Waals surface area contributed by atoms with Crippen LogP contribution >= 0.6 is 0 Å². The Labute approximate surface area is 125 Å². The van der Waals surface area contributed by atoms with Gasteiger partial charge in [0.2, 0.25) is 10.0 Å². The summed E-state index contributed by atoms with van der Waals surface area (Å²) in [5.41, 5.74) is -0.0996. The summed E-state index contributed by atoms with van der Waals surface area (Å²) in [6.45, 7) is 3.81. The average molecular weight is 315 g/mol. The Kier molecular flexibility index (Phi) is 6.17. The van der Waals surface area contributed by atoms with Gasteiger partial charge in [-0.1, -0.05) is 19.8 Å². The molecule has 2 N–H and O–H groups in total. The molecule has 0 aliphatic carbocycles. The summed E-state index contributed by atoms with van der Waals surface area (Å²) < 4.78 is 32.3. The predicted molar refractivity (Wildman–Crippen MR) is 79.3 cm³/mol. The number of unbranched alkanes of at least 4 members (excludes halogenated alkanes) is 1. The van der Waals surface area contributed by atoms with Crippen LogP contribution in [0.25, 0.3) is 0 Å². The molecule has 1 unspecified atom stereocenters. The van der Waals surface area contributed by atoms with E-state index in [0.717, 1.165) is 25.3 Å². The first kappa shape index (κ1) is 17.5. The zero-order valence-corrected chi connectivity index (χ0v) is 13.2. The quantitative estimate of drug-likeness (QED) is 0.767. The fourth-order valence-corrected chi connectivity index (χ4v) is 3.39. The van der Waals surface area contributed by atoms with E-state index in [4.69, 9.17) is 9.84 Å². The maximum atomic E-state index is 12.4. The fourth-order valence-electron chi connectivity index (χ4n) is 1.92. The van der Waals surface area contributed by atoms with Gasteiger partial charge in [-0.3, -0.25) is 0 Å². The second-order valence-electron chi connectivity index (χ2n) is 4.84. The van der Waals surface area contributed by atoms with Crippen molar-refractivity contribution in [2.45, 2.75) is 44.0 Å². The molecular weight excluding hydrogens is 294 g/mol. The summed E-state index contributed by atoms with van der Waals surface area (Å²) in [6.07, 6.45) is 2.61. The SMILES string of the molecule is CCCCC(C)NS(=O)(=O)c1cc(C(=O)O)ccc1OC. The Hall–Kier alpha value is -1.60.